The number of nitro groups is 1. The summed E-state index contributed by atoms with van der Waals surface area (Å²) in [6, 6.07) is 11.8. The van der Waals surface area contributed by atoms with Crippen LogP contribution in [0.1, 0.15) is 10.4 Å². The zero-order valence-corrected chi connectivity index (χ0v) is 16.0. The van der Waals surface area contributed by atoms with Gasteiger partial charge in [0.25, 0.3) is 11.6 Å². The third-order valence-corrected chi connectivity index (χ3v) is 6.47. The first-order valence-electron chi connectivity index (χ1n) is 8.51. The summed E-state index contributed by atoms with van der Waals surface area (Å²) < 4.78 is 31.9. The molecule has 148 valence electrons. The summed E-state index contributed by atoms with van der Waals surface area (Å²) in [4.78, 5) is 24.8. The van der Waals surface area contributed by atoms with E-state index in [9.17, 15) is 23.3 Å². The SMILES string of the molecule is COc1ccc(S(=O)(=O)N2CCN(C(=O)c3ccccc3[N+](=O)[O-])CC2)cc1. The van der Waals surface area contributed by atoms with Crippen molar-refractivity contribution in [1.29, 1.82) is 0 Å². The minimum atomic E-state index is -3.69. The summed E-state index contributed by atoms with van der Waals surface area (Å²) in [6.07, 6.45) is 0. The predicted molar refractivity (Wildman–Crippen MR) is 101 cm³/mol. The quantitative estimate of drug-likeness (QED) is 0.554. The number of hydrogen-bond donors (Lipinski definition) is 0. The molecule has 9 nitrogen and oxygen atoms in total. The second-order valence-electron chi connectivity index (χ2n) is 6.15. The van der Waals surface area contributed by atoms with Gasteiger partial charge in [-0.1, -0.05) is 12.1 Å². The highest BCUT2D eigenvalue weighted by atomic mass is 32.2. The smallest absolute Gasteiger partial charge is 0.282 e. The van der Waals surface area contributed by atoms with Crippen molar-refractivity contribution < 1.29 is 22.9 Å². The van der Waals surface area contributed by atoms with Crippen molar-refractivity contribution in [3.05, 3.63) is 64.2 Å². The predicted octanol–water partition coefficient (Wildman–Crippen LogP) is 1.75. The second-order valence-corrected chi connectivity index (χ2v) is 8.08. The summed E-state index contributed by atoms with van der Waals surface area (Å²) in [5.74, 6) is 0.0765. The molecule has 1 heterocycles. The van der Waals surface area contributed by atoms with Crippen LogP contribution in [0.2, 0.25) is 0 Å². The van der Waals surface area contributed by atoms with Crippen molar-refractivity contribution in [2.45, 2.75) is 4.90 Å². The number of hydrogen-bond acceptors (Lipinski definition) is 6. The average Bonchev–Trinajstić information content (AvgIpc) is 2.73. The van der Waals surface area contributed by atoms with E-state index in [-0.39, 0.29) is 42.3 Å². The van der Waals surface area contributed by atoms with E-state index in [1.165, 1.54) is 46.6 Å². The van der Waals surface area contributed by atoms with Crippen LogP contribution in [-0.2, 0) is 10.0 Å². The van der Waals surface area contributed by atoms with E-state index in [0.717, 1.165) is 0 Å². The van der Waals surface area contributed by atoms with Crippen molar-refractivity contribution in [2.75, 3.05) is 33.3 Å². The molecule has 0 saturated carbocycles. The zero-order valence-electron chi connectivity index (χ0n) is 15.1. The number of piperazine rings is 1. The summed E-state index contributed by atoms with van der Waals surface area (Å²) in [5.41, 5.74) is -0.264. The maximum Gasteiger partial charge on any atom is 0.282 e. The number of sulfonamides is 1. The molecule has 1 saturated heterocycles. The Bertz CT molecular complexity index is 983. The maximum atomic E-state index is 12.8. The van der Waals surface area contributed by atoms with Gasteiger partial charge < -0.3 is 9.64 Å². The van der Waals surface area contributed by atoms with Crippen molar-refractivity contribution in [3.63, 3.8) is 0 Å². The Morgan fingerprint density at radius 2 is 1.64 bits per heavy atom. The molecule has 0 unspecified atom stereocenters. The van der Waals surface area contributed by atoms with Gasteiger partial charge in [0.2, 0.25) is 10.0 Å². The van der Waals surface area contributed by atoms with Crippen molar-refractivity contribution in [2.24, 2.45) is 0 Å². The number of methoxy groups -OCH3 is 1. The minimum Gasteiger partial charge on any atom is -0.497 e. The van der Waals surface area contributed by atoms with Gasteiger partial charge in [-0.05, 0) is 30.3 Å². The molecule has 0 aliphatic carbocycles. The van der Waals surface area contributed by atoms with Crippen LogP contribution in [0.15, 0.2) is 53.4 Å². The van der Waals surface area contributed by atoms with Crippen molar-refractivity contribution in [3.8, 4) is 5.75 Å². The lowest BCUT2D eigenvalue weighted by Gasteiger charge is -2.34. The molecule has 0 atom stereocenters. The Labute approximate surface area is 162 Å². The minimum absolute atomic E-state index is 0.000962. The molecule has 0 bridgehead atoms. The lowest BCUT2D eigenvalue weighted by atomic mass is 10.1. The van der Waals surface area contributed by atoms with E-state index in [1.807, 2.05) is 0 Å². The summed E-state index contributed by atoms with van der Waals surface area (Å²) >= 11 is 0. The van der Waals surface area contributed by atoms with E-state index in [0.29, 0.717) is 5.75 Å². The molecule has 28 heavy (non-hydrogen) atoms. The molecule has 1 amide bonds. The first kappa shape index (κ1) is 19.8. The molecular weight excluding hydrogens is 386 g/mol. The lowest BCUT2D eigenvalue weighted by Crippen LogP contribution is -2.50. The molecule has 2 aromatic rings. The number of nitro benzene ring substituents is 1. The van der Waals surface area contributed by atoms with Gasteiger partial charge in [-0.15, -0.1) is 0 Å². The molecule has 1 fully saturated rings. The molecule has 1 aliphatic heterocycles. The molecular formula is C18H19N3O6S. The van der Waals surface area contributed by atoms with E-state index < -0.39 is 20.9 Å². The van der Waals surface area contributed by atoms with Crippen molar-refractivity contribution >= 4 is 21.6 Å². The fourth-order valence-electron chi connectivity index (χ4n) is 3.01. The maximum absolute atomic E-state index is 12.8. The topological polar surface area (TPSA) is 110 Å². The number of carbonyl (C=O) groups is 1. The Hall–Kier alpha value is -2.98. The Kier molecular flexibility index (Phi) is 5.61. The molecule has 1 aliphatic rings. The van der Waals surface area contributed by atoms with E-state index >= 15 is 0 Å². The second kappa shape index (κ2) is 7.95. The van der Waals surface area contributed by atoms with Crippen LogP contribution in [0, 0.1) is 10.1 Å². The first-order chi connectivity index (χ1) is 13.3. The summed E-state index contributed by atoms with van der Waals surface area (Å²) in [5, 5.41) is 11.1. The van der Waals surface area contributed by atoms with Crippen LogP contribution in [0.25, 0.3) is 0 Å². The van der Waals surface area contributed by atoms with Crippen LogP contribution in [-0.4, -0.2) is 61.7 Å². The number of rotatable bonds is 5. The van der Waals surface area contributed by atoms with Gasteiger partial charge >= 0.3 is 0 Å². The first-order valence-corrected chi connectivity index (χ1v) is 9.95. The number of nitrogens with zero attached hydrogens (tertiary/aromatic N) is 3. The Morgan fingerprint density at radius 1 is 1.04 bits per heavy atom. The molecule has 0 radical (unpaired) electrons. The number of amides is 1. The highest BCUT2D eigenvalue weighted by Gasteiger charge is 2.32. The Balaban J connectivity index is 1.72. The normalized spacial score (nSPS) is 15.2. The van der Waals surface area contributed by atoms with Crippen LogP contribution in [0.3, 0.4) is 0 Å². The number of para-hydroxylation sites is 1. The van der Waals surface area contributed by atoms with Crippen LogP contribution in [0.5, 0.6) is 5.75 Å². The van der Waals surface area contributed by atoms with Gasteiger partial charge in [0.1, 0.15) is 11.3 Å². The highest BCUT2D eigenvalue weighted by Crippen LogP contribution is 2.23. The third-order valence-electron chi connectivity index (χ3n) is 4.55. The van der Waals surface area contributed by atoms with Crippen LogP contribution >= 0.6 is 0 Å². The fraction of sp³-hybridized carbons (Fsp3) is 0.278. The highest BCUT2D eigenvalue weighted by molar-refractivity contribution is 7.89. The summed E-state index contributed by atoms with van der Waals surface area (Å²) in [7, 11) is -2.19. The number of benzene rings is 2. The molecule has 0 aromatic heterocycles. The molecule has 10 heteroatoms. The number of carbonyl (C=O) groups excluding carboxylic acids is 1. The van der Waals surface area contributed by atoms with Gasteiger partial charge in [0, 0.05) is 32.2 Å². The average molecular weight is 405 g/mol. The van der Waals surface area contributed by atoms with Crippen LogP contribution in [0.4, 0.5) is 5.69 Å². The molecule has 2 aromatic carbocycles. The zero-order chi connectivity index (χ0) is 20.3. The van der Waals surface area contributed by atoms with E-state index in [1.54, 1.807) is 18.2 Å². The van der Waals surface area contributed by atoms with E-state index in [2.05, 4.69) is 0 Å². The van der Waals surface area contributed by atoms with Gasteiger partial charge in [0.05, 0.1) is 16.9 Å². The van der Waals surface area contributed by atoms with Crippen molar-refractivity contribution in [1.82, 2.24) is 9.21 Å². The largest absolute Gasteiger partial charge is 0.497 e. The lowest BCUT2D eigenvalue weighted by molar-refractivity contribution is -0.385. The Morgan fingerprint density at radius 3 is 2.21 bits per heavy atom. The van der Waals surface area contributed by atoms with Gasteiger partial charge in [-0.3, -0.25) is 14.9 Å². The molecule has 0 N–H and O–H groups in total. The fourth-order valence-corrected chi connectivity index (χ4v) is 4.43. The van der Waals surface area contributed by atoms with Gasteiger partial charge in [0.15, 0.2) is 0 Å². The molecule has 0 spiro atoms. The number of ether oxygens (including phenoxy) is 1. The standard InChI is InChI=1S/C18H19N3O6S/c1-27-14-6-8-15(9-7-14)28(25,26)20-12-10-19(11-13-20)18(22)16-4-2-3-5-17(16)21(23)24/h2-9H,10-13H2,1H3. The third kappa shape index (κ3) is 3.82. The molecule has 3 rings (SSSR count). The summed E-state index contributed by atoms with van der Waals surface area (Å²) in [6.45, 7) is 0.530. The monoisotopic (exact) mass is 405 g/mol. The van der Waals surface area contributed by atoms with Crippen LogP contribution < -0.4 is 4.74 Å². The van der Waals surface area contributed by atoms with Gasteiger partial charge in [-0.2, -0.15) is 4.31 Å². The van der Waals surface area contributed by atoms with E-state index in [4.69, 9.17) is 4.74 Å². The van der Waals surface area contributed by atoms with Gasteiger partial charge in [-0.25, -0.2) is 8.42 Å².